The van der Waals surface area contributed by atoms with Crippen molar-refractivity contribution in [2.24, 2.45) is 5.92 Å². The summed E-state index contributed by atoms with van der Waals surface area (Å²) in [5.74, 6) is -12.6. The molecule has 1 aromatic carbocycles. The minimum atomic E-state index is -5.06. The van der Waals surface area contributed by atoms with Crippen LogP contribution in [0.1, 0.15) is 20.8 Å². The highest BCUT2D eigenvalue weighted by Gasteiger charge is 2.35. The second-order valence-corrected chi connectivity index (χ2v) is 6.94. The maximum Gasteiger partial charge on any atom is 0.246 e. The van der Waals surface area contributed by atoms with E-state index in [2.05, 4.69) is 0 Å². The molecule has 126 valence electrons. The normalized spacial score (nSPS) is 15.2. The molecule has 0 fully saturated rings. The highest BCUT2D eigenvalue weighted by atomic mass is 32.2. The Morgan fingerprint density at radius 2 is 1.36 bits per heavy atom. The van der Waals surface area contributed by atoms with Crippen LogP contribution in [0.15, 0.2) is 4.90 Å². The first-order chi connectivity index (χ1) is 9.83. The van der Waals surface area contributed by atoms with Gasteiger partial charge in [-0.3, -0.25) is 0 Å². The third-order valence-corrected chi connectivity index (χ3v) is 4.72. The molecule has 0 spiro atoms. The molecule has 0 amide bonds. The summed E-state index contributed by atoms with van der Waals surface area (Å²) in [5, 5.41) is 9.87. The fourth-order valence-corrected chi connectivity index (χ4v) is 2.62. The zero-order valence-electron chi connectivity index (χ0n) is 11.8. The van der Waals surface area contributed by atoms with E-state index >= 15 is 0 Å². The summed E-state index contributed by atoms with van der Waals surface area (Å²) in [7, 11) is -5.06. The Morgan fingerprint density at radius 3 is 1.73 bits per heavy atom. The molecule has 0 aliphatic carbocycles. The minimum absolute atomic E-state index is 0.438. The van der Waals surface area contributed by atoms with E-state index < -0.39 is 62.1 Å². The number of benzene rings is 1. The first-order valence-corrected chi connectivity index (χ1v) is 7.54. The lowest BCUT2D eigenvalue weighted by Crippen LogP contribution is -2.44. The first-order valence-electron chi connectivity index (χ1n) is 6.06. The minimum Gasteiger partial charge on any atom is -0.389 e. The fraction of sp³-hybridized carbons (Fsp3) is 0.500. The van der Waals surface area contributed by atoms with Crippen molar-refractivity contribution < 1.29 is 35.5 Å². The summed E-state index contributed by atoms with van der Waals surface area (Å²) < 4.78 is 91.1. The largest absolute Gasteiger partial charge is 0.389 e. The molecule has 1 rings (SSSR count). The van der Waals surface area contributed by atoms with E-state index in [4.69, 9.17) is 0 Å². The average Bonchev–Trinajstić information content (AvgIpc) is 2.41. The number of nitrogens with one attached hydrogen (secondary N) is 1. The van der Waals surface area contributed by atoms with Crippen LogP contribution in [0.25, 0.3) is 0 Å². The summed E-state index contributed by atoms with van der Waals surface area (Å²) in [6.45, 7) is 3.67. The van der Waals surface area contributed by atoms with Crippen molar-refractivity contribution in [3.63, 3.8) is 0 Å². The van der Waals surface area contributed by atoms with E-state index in [1.54, 1.807) is 18.6 Å². The molecule has 22 heavy (non-hydrogen) atoms. The van der Waals surface area contributed by atoms with Gasteiger partial charge in [-0.25, -0.2) is 35.1 Å². The van der Waals surface area contributed by atoms with Gasteiger partial charge in [0.2, 0.25) is 15.8 Å². The van der Waals surface area contributed by atoms with Crippen LogP contribution in [0.4, 0.5) is 22.0 Å². The first kappa shape index (κ1) is 18.8. The van der Waals surface area contributed by atoms with E-state index in [1.807, 2.05) is 0 Å². The van der Waals surface area contributed by atoms with E-state index in [1.165, 1.54) is 6.92 Å². The van der Waals surface area contributed by atoms with Crippen LogP contribution in [0.3, 0.4) is 0 Å². The molecule has 0 bridgehead atoms. The Balaban J connectivity index is 3.31. The number of halogens is 5. The van der Waals surface area contributed by atoms with Gasteiger partial charge in [0.1, 0.15) is 0 Å². The summed E-state index contributed by atoms with van der Waals surface area (Å²) in [6.07, 6.45) is 0. The van der Waals surface area contributed by atoms with Gasteiger partial charge < -0.3 is 5.11 Å². The Labute approximate surface area is 124 Å². The Bertz CT molecular complexity index is 659. The van der Waals surface area contributed by atoms with Gasteiger partial charge in [-0.1, -0.05) is 13.8 Å². The Kier molecular flexibility index (Phi) is 5.20. The highest BCUT2D eigenvalue weighted by molar-refractivity contribution is 7.89. The molecule has 1 atom stereocenters. The maximum absolute atomic E-state index is 13.5. The molecule has 0 radical (unpaired) electrons. The van der Waals surface area contributed by atoms with Crippen molar-refractivity contribution in [1.29, 1.82) is 0 Å². The molecule has 0 aliphatic heterocycles. The van der Waals surface area contributed by atoms with Crippen LogP contribution in [-0.2, 0) is 10.0 Å². The monoisotopic (exact) mass is 347 g/mol. The second-order valence-electron chi connectivity index (χ2n) is 5.24. The quantitative estimate of drug-likeness (QED) is 0.487. The average molecular weight is 347 g/mol. The lowest BCUT2D eigenvalue weighted by molar-refractivity contribution is 0.0190. The van der Waals surface area contributed by atoms with E-state index in [0.29, 0.717) is 0 Å². The smallest absolute Gasteiger partial charge is 0.246 e. The van der Waals surface area contributed by atoms with Crippen molar-refractivity contribution in [2.45, 2.75) is 31.3 Å². The van der Waals surface area contributed by atoms with Gasteiger partial charge in [0.25, 0.3) is 0 Å². The summed E-state index contributed by atoms with van der Waals surface area (Å²) >= 11 is 0. The van der Waals surface area contributed by atoms with Crippen molar-refractivity contribution in [3.05, 3.63) is 29.1 Å². The molecule has 0 heterocycles. The molecule has 10 heteroatoms. The van der Waals surface area contributed by atoms with Crippen molar-refractivity contribution in [2.75, 3.05) is 6.54 Å². The molecule has 0 aromatic heterocycles. The molecule has 1 aromatic rings. The van der Waals surface area contributed by atoms with Gasteiger partial charge in [0.15, 0.2) is 28.2 Å². The zero-order valence-corrected chi connectivity index (χ0v) is 12.7. The standard InChI is InChI=1S/C12H14F5NO3S/c1-5(2)12(3,19)4-18-22(20,21)11-9(16)7(14)6(13)8(15)10(11)17/h5,18-19H,4H2,1-3H3. The third kappa shape index (κ3) is 3.39. The molecule has 0 saturated heterocycles. The zero-order chi connectivity index (χ0) is 17.5. The molecule has 0 aliphatic rings. The summed E-state index contributed by atoms with van der Waals surface area (Å²) in [6, 6.07) is 0. The predicted molar refractivity (Wildman–Crippen MR) is 66.9 cm³/mol. The summed E-state index contributed by atoms with van der Waals surface area (Å²) in [4.78, 5) is -1.98. The number of sulfonamides is 1. The number of aliphatic hydroxyl groups is 1. The lowest BCUT2D eigenvalue weighted by atomic mass is 9.93. The molecule has 0 saturated carbocycles. The topological polar surface area (TPSA) is 66.4 Å². The lowest BCUT2D eigenvalue weighted by Gasteiger charge is -2.27. The van der Waals surface area contributed by atoms with Gasteiger partial charge in [0.05, 0.1) is 5.60 Å². The van der Waals surface area contributed by atoms with Gasteiger partial charge in [-0.15, -0.1) is 0 Å². The van der Waals surface area contributed by atoms with Gasteiger partial charge in [-0.05, 0) is 12.8 Å². The molecular formula is C12H14F5NO3S. The van der Waals surface area contributed by atoms with Gasteiger partial charge in [0, 0.05) is 6.54 Å². The Morgan fingerprint density at radius 1 is 1.00 bits per heavy atom. The molecule has 2 N–H and O–H groups in total. The summed E-state index contributed by atoms with van der Waals surface area (Å²) in [5.41, 5.74) is -1.59. The number of hydrogen-bond acceptors (Lipinski definition) is 3. The fourth-order valence-electron chi connectivity index (χ4n) is 1.34. The van der Waals surface area contributed by atoms with Crippen LogP contribution in [-0.4, -0.2) is 25.7 Å². The number of hydrogen-bond donors (Lipinski definition) is 2. The van der Waals surface area contributed by atoms with E-state index in [0.717, 1.165) is 0 Å². The molecule has 1 unspecified atom stereocenters. The van der Waals surface area contributed by atoms with Gasteiger partial charge >= 0.3 is 0 Å². The van der Waals surface area contributed by atoms with Crippen LogP contribution < -0.4 is 4.72 Å². The van der Waals surface area contributed by atoms with Crippen molar-refractivity contribution in [3.8, 4) is 0 Å². The number of rotatable bonds is 5. The SMILES string of the molecule is CC(C)C(C)(O)CNS(=O)(=O)c1c(F)c(F)c(F)c(F)c1F. The maximum atomic E-state index is 13.5. The third-order valence-electron chi connectivity index (χ3n) is 3.30. The van der Waals surface area contributed by atoms with E-state index in [-0.39, 0.29) is 0 Å². The van der Waals surface area contributed by atoms with Crippen LogP contribution in [0, 0.1) is 35.0 Å². The highest BCUT2D eigenvalue weighted by Crippen LogP contribution is 2.27. The molecular weight excluding hydrogens is 333 g/mol. The van der Waals surface area contributed by atoms with Gasteiger partial charge in [-0.2, -0.15) is 0 Å². The van der Waals surface area contributed by atoms with Crippen LogP contribution in [0.5, 0.6) is 0 Å². The van der Waals surface area contributed by atoms with Crippen molar-refractivity contribution in [1.82, 2.24) is 4.72 Å². The Hall–Kier alpha value is -1.26. The van der Waals surface area contributed by atoms with Crippen LogP contribution in [0.2, 0.25) is 0 Å². The van der Waals surface area contributed by atoms with Crippen LogP contribution >= 0.6 is 0 Å². The molecule has 4 nitrogen and oxygen atoms in total. The van der Waals surface area contributed by atoms with E-state index in [9.17, 15) is 35.5 Å². The van der Waals surface area contributed by atoms with Crippen molar-refractivity contribution >= 4 is 10.0 Å². The predicted octanol–water partition coefficient (Wildman–Crippen LogP) is 2.07. The second kappa shape index (κ2) is 6.09.